The summed E-state index contributed by atoms with van der Waals surface area (Å²) in [7, 11) is 0. The molecule has 0 saturated carbocycles. The van der Waals surface area contributed by atoms with Gasteiger partial charge in [-0.25, -0.2) is 9.78 Å². The lowest BCUT2D eigenvalue weighted by molar-refractivity contribution is 0.0185. The number of rotatable bonds is 4. The minimum atomic E-state index is -0.489. The highest BCUT2D eigenvalue weighted by Crippen LogP contribution is 2.29. The molecule has 0 unspecified atom stereocenters. The van der Waals surface area contributed by atoms with Gasteiger partial charge in [0.05, 0.1) is 12.2 Å². The van der Waals surface area contributed by atoms with E-state index in [0.29, 0.717) is 23.1 Å². The summed E-state index contributed by atoms with van der Waals surface area (Å²) in [6, 6.07) is 7.75. The maximum Gasteiger partial charge on any atom is 0.410 e. The van der Waals surface area contributed by atoms with E-state index in [1.807, 2.05) is 62.3 Å². The highest BCUT2D eigenvalue weighted by atomic mass is 35.5. The summed E-state index contributed by atoms with van der Waals surface area (Å²) in [5, 5.41) is 6.92. The van der Waals surface area contributed by atoms with Crippen LogP contribution in [-0.2, 0) is 4.74 Å². The van der Waals surface area contributed by atoms with Gasteiger partial charge in [0.2, 0.25) is 0 Å². The molecule has 0 atom stereocenters. The lowest BCUT2D eigenvalue weighted by Crippen LogP contribution is -2.42. The number of halogens is 2. The van der Waals surface area contributed by atoms with Crippen molar-refractivity contribution in [1.82, 2.24) is 24.6 Å². The van der Waals surface area contributed by atoms with Crippen LogP contribution in [-0.4, -0.2) is 49.4 Å². The van der Waals surface area contributed by atoms with Crippen LogP contribution in [0.5, 0.6) is 0 Å². The van der Waals surface area contributed by atoms with Crippen LogP contribution in [0.3, 0.4) is 0 Å². The molecule has 1 saturated heterocycles. The molecule has 0 radical (unpaired) electrons. The predicted molar refractivity (Wildman–Crippen MR) is 149 cm³/mol. The lowest BCUT2D eigenvalue weighted by Gasteiger charge is -2.33. The minimum Gasteiger partial charge on any atom is -0.444 e. The van der Waals surface area contributed by atoms with Crippen molar-refractivity contribution in [2.75, 3.05) is 13.1 Å². The van der Waals surface area contributed by atoms with Gasteiger partial charge >= 0.3 is 6.09 Å². The van der Waals surface area contributed by atoms with Crippen molar-refractivity contribution in [1.29, 1.82) is 0 Å². The van der Waals surface area contributed by atoms with Crippen molar-refractivity contribution in [2.45, 2.75) is 45.3 Å². The molecule has 1 aliphatic heterocycles. The van der Waals surface area contributed by atoms with Gasteiger partial charge in [0.25, 0.3) is 0 Å². The summed E-state index contributed by atoms with van der Waals surface area (Å²) in [5.41, 5.74) is 4.16. The third-order valence-electron chi connectivity index (χ3n) is 6.39. The Morgan fingerprint density at radius 1 is 1.08 bits per heavy atom. The number of likely N-dealkylation sites (tertiary alicyclic amines) is 1. The van der Waals surface area contributed by atoms with E-state index in [1.54, 1.807) is 17.0 Å². The minimum absolute atomic E-state index is 0.234. The first-order valence-electron chi connectivity index (χ1n) is 12.3. The van der Waals surface area contributed by atoms with Crippen LogP contribution >= 0.6 is 23.2 Å². The Kier molecular flexibility index (Phi) is 7.01. The SMILES string of the molecule is CC(C)(C)OC(=O)N1CCC(n2cc(-c3cnc4[nH]cc(/C=C/c5cc(Cl)ccc5Cl)c4c3)cn2)CC1. The molecule has 5 rings (SSSR count). The van der Waals surface area contributed by atoms with Gasteiger partial charge < -0.3 is 14.6 Å². The van der Waals surface area contributed by atoms with Gasteiger partial charge in [0, 0.05) is 63.8 Å². The number of H-pyrrole nitrogens is 1. The highest BCUT2D eigenvalue weighted by molar-refractivity contribution is 6.34. The summed E-state index contributed by atoms with van der Waals surface area (Å²) < 4.78 is 7.51. The number of carbonyl (C=O) groups excluding carboxylic acids is 1. The molecular formula is C28H29Cl2N5O2. The van der Waals surface area contributed by atoms with Gasteiger partial charge in [-0.15, -0.1) is 0 Å². The van der Waals surface area contributed by atoms with Gasteiger partial charge in [-0.2, -0.15) is 5.10 Å². The first-order chi connectivity index (χ1) is 17.7. The van der Waals surface area contributed by atoms with Crippen LogP contribution in [0.2, 0.25) is 10.0 Å². The number of fused-ring (bicyclic) bond motifs is 1. The molecule has 0 spiro atoms. The number of pyridine rings is 1. The molecule has 4 aromatic rings. The third kappa shape index (κ3) is 5.84. The normalized spacial score (nSPS) is 15.1. The van der Waals surface area contributed by atoms with Crippen LogP contribution < -0.4 is 0 Å². The molecule has 192 valence electrons. The molecule has 0 aliphatic carbocycles. The number of benzene rings is 1. The second-order valence-electron chi connectivity index (χ2n) is 10.3. The van der Waals surface area contributed by atoms with E-state index in [4.69, 9.17) is 27.9 Å². The largest absolute Gasteiger partial charge is 0.444 e. The fourth-order valence-electron chi connectivity index (χ4n) is 4.47. The van der Waals surface area contributed by atoms with E-state index < -0.39 is 5.60 Å². The van der Waals surface area contributed by atoms with Crippen molar-refractivity contribution in [2.24, 2.45) is 0 Å². The van der Waals surface area contributed by atoms with Crippen molar-refractivity contribution in [3.8, 4) is 11.1 Å². The monoisotopic (exact) mass is 537 g/mol. The van der Waals surface area contributed by atoms with Crippen LogP contribution in [0.1, 0.15) is 50.8 Å². The number of nitrogens with zero attached hydrogens (tertiary/aromatic N) is 4. The average molecular weight is 538 g/mol. The number of carbonyl (C=O) groups is 1. The van der Waals surface area contributed by atoms with E-state index in [-0.39, 0.29) is 12.1 Å². The Balaban J connectivity index is 1.30. The predicted octanol–water partition coefficient (Wildman–Crippen LogP) is 7.48. The van der Waals surface area contributed by atoms with E-state index in [1.165, 1.54) is 0 Å². The molecule has 9 heteroatoms. The number of hydrogen-bond acceptors (Lipinski definition) is 4. The Labute approximate surface area is 226 Å². The number of aromatic nitrogens is 4. The zero-order valence-corrected chi connectivity index (χ0v) is 22.6. The molecule has 1 fully saturated rings. The molecule has 1 aliphatic rings. The summed E-state index contributed by atoms with van der Waals surface area (Å²) >= 11 is 12.4. The molecule has 3 aromatic heterocycles. The van der Waals surface area contributed by atoms with Crippen LogP contribution in [0, 0.1) is 0 Å². The number of nitrogens with one attached hydrogen (secondary N) is 1. The molecule has 1 amide bonds. The fourth-order valence-corrected chi connectivity index (χ4v) is 4.83. The van der Waals surface area contributed by atoms with Gasteiger partial charge in [0.15, 0.2) is 0 Å². The average Bonchev–Trinajstić information content (AvgIpc) is 3.51. The second kappa shape index (κ2) is 10.2. The van der Waals surface area contributed by atoms with Gasteiger partial charge in [-0.05, 0) is 63.4 Å². The Bertz CT molecular complexity index is 1460. The first-order valence-corrected chi connectivity index (χ1v) is 13.0. The van der Waals surface area contributed by atoms with Gasteiger partial charge in [0.1, 0.15) is 11.2 Å². The van der Waals surface area contributed by atoms with Crippen molar-refractivity contribution < 1.29 is 9.53 Å². The smallest absolute Gasteiger partial charge is 0.410 e. The Morgan fingerprint density at radius 3 is 2.59 bits per heavy atom. The van der Waals surface area contributed by atoms with Crippen molar-refractivity contribution in [3.05, 3.63) is 70.2 Å². The first kappa shape index (κ1) is 25.4. The van der Waals surface area contributed by atoms with Crippen LogP contribution in [0.25, 0.3) is 34.3 Å². The summed E-state index contributed by atoms with van der Waals surface area (Å²) in [6.45, 7) is 6.96. The molecule has 1 N–H and O–H groups in total. The quantitative estimate of drug-likeness (QED) is 0.292. The number of amides is 1. The lowest BCUT2D eigenvalue weighted by atomic mass is 10.1. The topological polar surface area (TPSA) is 76.0 Å². The van der Waals surface area contributed by atoms with Crippen LogP contribution in [0.15, 0.2) is 49.1 Å². The second-order valence-corrected chi connectivity index (χ2v) is 11.1. The third-order valence-corrected chi connectivity index (χ3v) is 6.97. The number of hydrogen-bond donors (Lipinski definition) is 1. The standard InChI is InChI=1S/C28H29Cl2N5O2/c1-28(2,3)37-27(36)34-10-8-23(9-11-34)35-17-21(16-33-35)20-13-24-19(14-31-26(24)32-15-20)5-4-18-12-22(29)6-7-25(18)30/h4-7,12-17,23H,8-11H2,1-3H3,(H,31,32)/b5-4+. The summed E-state index contributed by atoms with van der Waals surface area (Å²) in [4.78, 5) is 22.0. The zero-order chi connectivity index (χ0) is 26.2. The van der Waals surface area contributed by atoms with E-state index >= 15 is 0 Å². The highest BCUT2D eigenvalue weighted by Gasteiger charge is 2.28. The van der Waals surface area contributed by atoms with Crippen molar-refractivity contribution in [3.63, 3.8) is 0 Å². The van der Waals surface area contributed by atoms with E-state index in [9.17, 15) is 4.79 Å². The zero-order valence-electron chi connectivity index (χ0n) is 21.0. The molecule has 1 aromatic carbocycles. The number of ether oxygens (including phenoxy) is 1. The maximum absolute atomic E-state index is 12.4. The van der Waals surface area contributed by atoms with Crippen LogP contribution in [0.4, 0.5) is 4.79 Å². The van der Waals surface area contributed by atoms with Crippen molar-refractivity contribution >= 4 is 52.5 Å². The molecular weight excluding hydrogens is 509 g/mol. The number of aromatic amines is 1. The van der Waals surface area contributed by atoms with E-state index in [0.717, 1.165) is 46.1 Å². The van der Waals surface area contributed by atoms with Gasteiger partial charge in [-0.1, -0.05) is 35.4 Å². The Morgan fingerprint density at radius 2 is 1.84 bits per heavy atom. The van der Waals surface area contributed by atoms with Gasteiger partial charge in [-0.3, -0.25) is 4.68 Å². The number of piperidine rings is 1. The van der Waals surface area contributed by atoms with E-state index in [2.05, 4.69) is 27.3 Å². The molecule has 37 heavy (non-hydrogen) atoms. The molecule has 4 heterocycles. The fraction of sp³-hybridized carbons (Fsp3) is 0.321. The molecule has 0 bridgehead atoms. The molecule has 7 nitrogen and oxygen atoms in total. The maximum atomic E-state index is 12.4. The Hall–Kier alpha value is -3.29. The summed E-state index contributed by atoms with van der Waals surface area (Å²) in [6.07, 6.45) is 13.1. The summed E-state index contributed by atoms with van der Waals surface area (Å²) in [5.74, 6) is 0.